The number of hydrogen-bond donors (Lipinski definition) is 2. The van der Waals surface area contributed by atoms with Crippen molar-refractivity contribution in [2.45, 2.75) is 71.3 Å². The fourth-order valence-electron chi connectivity index (χ4n) is 3.40. The summed E-state index contributed by atoms with van der Waals surface area (Å²) < 4.78 is 11.0. The Kier molecular flexibility index (Phi) is 11.4. The second-order valence-electron chi connectivity index (χ2n) is 7.94. The van der Waals surface area contributed by atoms with Crippen LogP contribution in [0.5, 0.6) is 11.5 Å². The minimum atomic E-state index is -0.240. The molecule has 0 radical (unpaired) electrons. The van der Waals surface area contributed by atoms with E-state index in [1.54, 1.807) is 7.11 Å². The Morgan fingerprint density at radius 2 is 1.42 bits per heavy atom. The minimum absolute atomic E-state index is 0.111. The summed E-state index contributed by atoms with van der Waals surface area (Å²) in [6.45, 7) is 4.93. The Bertz CT molecular complexity index is 744. The Labute approximate surface area is 187 Å². The Morgan fingerprint density at radius 3 is 2.03 bits per heavy atom. The highest BCUT2D eigenvalue weighted by atomic mass is 16.5. The normalized spacial score (nSPS) is 11.6. The molecule has 0 aromatic heterocycles. The molecule has 0 bridgehead atoms. The average molecular weight is 427 g/mol. The molecule has 0 fully saturated rings. The standard InChI is InChI=1S/C26H38N2O3/c1-4-5-6-7-8-9-10-11-20-31-25-18-14-23(15-19-25)28-26(29)27-21(2)22-12-16-24(30-3)17-13-22/h12-19,21H,4-11,20H2,1-3H3,(H2,27,28,29). The third-order valence-corrected chi connectivity index (χ3v) is 5.34. The number of ether oxygens (including phenoxy) is 2. The molecule has 2 N–H and O–H groups in total. The molecule has 0 aliphatic heterocycles. The van der Waals surface area contributed by atoms with Crippen LogP contribution in [0.1, 0.15) is 76.8 Å². The van der Waals surface area contributed by atoms with Gasteiger partial charge in [0.25, 0.3) is 0 Å². The van der Waals surface area contributed by atoms with Gasteiger partial charge in [0, 0.05) is 5.69 Å². The van der Waals surface area contributed by atoms with Gasteiger partial charge < -0.3 is 20.1 Å². The molecule has 0 saturated carbocycles. The summed E-state index contributed by atoms with van der Waals surface area (Å²) in [6, 6.07) is 14.8. The second kappa shape index (κ2) is 14.3. The number of benzene rings is 2. The average Bonchev–Trinajstić information content (AvgIpc) is 2.79. The molecule has 2 aromatic rings. The molecule has 5 heteroatoms. The van der Waals surface area contributed by atoms with Crippen LogP contribution in [-0.2, 0) is 0 Å². The van der Waals surface area contributed by atoms with Gasteiger partial charge in [0.2, 0.25) is 0 Å². The van der Waals surface area contributed by atoms with Crippen LogP contribution in [-0.4, -0.2) is 19.7 Å². The number of nitrogens with one attached hydrogen (secondary N) is 2. The summed E-state index contributed by atoms with van der Waals surface area (Å²) in [7, 11) is 1.64. The fraction of sp³-hybridized carbons (Fsp3) is 0.500. The summed E-state index contributed by atoms with van der Waals surface area (Å²) >= 11 is 0. The smallest absolute Gasteiger partial charge is 0.319 e. The molecule has 1 unspecified atom stereocenters. The van der Waals surface area contributed by atoms with Crippen LogP contribution >= 0.6 is 0 Å². The number of unbranched alkanes of at least 4 members (excludes halogenated alkanes) is 7. The lowest BCUT2D eigenvalue weighted by molar-refractivity contribution is 0.249. The molecule has 2 rings (SSSR count). The van der Waals surface area contributed by atoms with Crippen molar-refractivity contribution in [2.75, 3.05) is 19.0 Å². The largest absolute Gasteiger partial charge is 0.497 e. The van der Waals surface area contributed by atoms with Crippen LogP contribution in [0.4, 0.5) is 10.5 Å². The van der Waals surface area contributed by atoms with E-state index in [9.17, 15) is 4.79 Å². The first kappa shape index (κ1) is 24.6. The zero-order chi connectivity index (χ0) is 22.3. The SMILES string of the molecule is CCCCCCCCCCOc1ccc(NC(=O)NC(C)c2ccc(OC)cc2)cc1. The van der Waals surface area contributed by atoms with Crippen LogP contribution < -0.4 is 20.1 Å². The molecular formula is C26H38N2O3. The van der Waals surface area contributed by atoms with E-state index in [1.807, 2.05) is 55.5 Å². The Hall–Kier alpha value is -2.69. The molecule has 0 spiro atoms. The summed E-state index contributed by atoms with van der Waals surface area (Å²) in [4.78, 5) is 12.3. The number of hydrogen-bond acceptors (Lipinski definition) is 3. The van der Waals surface area contributed by atoms with E-state index in [2.05, 4.69) is 17.6 Å². The Balaban J connectivity index is 1.64. The van der Waals surface area contributed by atoms with Gasteiger partial charge in [-0.2, -0.15) is 0 Å². The molecule has 5 nitrogen and oxygen atoms in total. The number of carbonyl (C=O) groups is 1. The first-order valence-electron chi connectivity index (χ1n) is 11.6. The van der Waals surface area contributed by atoms with Crippen LogP contribution in [0.15, 0.2) is 48.5 Å². The van der Waals surface area contributed by atoms with E-state index in [0.29, 0.717) is 0 Å². The number of carbonyl (C=O) groups excluding carboxylic acids is 1. The monoisotopic (exact) mass is 426 g/mol. The lowest BCUT2D eigenvalue weighted by Gasteiger charge is -2.15. The van der Waals surface area contributed by atoms with Gasteiger partial charge in [-0.3, -0.25) is 0 Å². The van der Waals surface area contributed by atoms with E-state index in [-0.39, 0.29) is 12.1 Å². The van der Waals surface area contributed by atoms with Crippen LogP contribution in [0.3, 0.4) is 0 Å². The number of anilines is 1. The molecule has 0 heterocycles. The van der Waals surface area contributed by atoms with E-state index >= 15 is 0 Å². The maximum Gasteiger partial charge on any atom is 0.319 e. The van der Waals surface area contributed by atoms with Crippen molar-refractivity contribution in [3.63, 3.8) is 0 Å². The van der Waals surface area contributed by atoms with Crippen molar-refractivity contribution in [1.29, 1.82) is 0 Å². The van der Waals surface area contributed by atoms with Gasteiger partial charge in [0.05, 0.1) is 19.8 Å². The van der Waals surface area contributed by atoms with E-state index < -0.39 is 0 Å². The lowest BCUT2D eigenvalue weighted by Crippen LogP contribution is -2.31. The number of urea groups is 1. The fourth-order valence-corrected chi connectivity index (χ4v) is 3.40. The van der Waals surface area contributed by atoms with Crippen LogP contribution in [0.25, 0.3) is 0 Å². The highest BCUT2D eigenvalue weighted by molar-refractivity contribution is 5.89. The van der Waals surface area contributed by atoms with Gasteiger partial charge in [0.1, 0.15) is 11.5 Å². The maximum absolute atomic E-state index is 12.3. The van der Waals surface area contributed by atoms with Crippen molar-refractivity contribution < 1.29 is 14.3 Å². The quantitative estimate of drug-likeness (QED) is 0.317. The molecule has 0 aliphatic rings. The van der Waals surface area contributed by atoms with E-state index in [4.69, 9.17) is 9.47 Å². The first-order valence-corrected chi connectivity index (χ1v) is 11.6. The highest BCUT2D eigenvalue weighted by Gasteiger charge is 2.10. The van der Waals surface area contributed by atoms with Gasteiger partial charge in [-0.05, 0) is 55.3 Å². The number of amides is 2. The summed E-state index contributed by atoms with van der Waals surface area (Å²) in [5.74, 6) is 1.63. The first-order chi connectivity index (χ1) is 15.1. The summed E-state index contributed by atoms with van der Waals surface area (Å²) in [6.07, 6.45) is 10.3. The van der Waals surface area contributed by atoms with Crippen molar-refractivity contribution >= 4 is 11.7 Å². The maximum atomic E-state index is 12.3. The molecule has 2 aromatic carbocycles. The third kappa shape index (κ3) is 9.77. The second-order valence-corrected chi connectivity index (χ2v) is 7.94. The van der Waals surface area contributed by atoms with E-state index in [1.165, 1.54) is 44.9 Å². The number of rotatable bonds is 14. The zero-order valence-corrected chi connectivity index (χ0v) is 19.3. The highest BCUT2D eigenvalue weighted by Crippen LogP contribution is 2.19. The molecule has 170 valence electrons. The predicted octanol–water partition coefficient (Wildman–Crippen LogP) is 7.10. The predicted molar refractivity (Wildman–Crippen MR) is 128 cm³/mol. The molecule has 31 heavy (non-hydrogen) atoms. The van der Waals surface area contributed by atoms with Gasteiger partial charge in [-0.1, -0.05) is 64.0 Å². The summed E-state index contributed by atoms with van der Waals surface area (Å²) in [5, 5.41) is 5.81. The lowest BCUT2D eigenvalue weighted by atomic mass is 10.1. The molecule has 0 saturated heterocycles. The van der Waals surface area contributed by atoms with Gasteiger partial charge in [0.15, 0.2) is 0 Å². The van der Waals surface area contributed by atoms with Gasteiger partial charge >= 0.3 is 6.03 Å². The third-order valence-electron chi connectivity index (χ3n) is 5.34. The topological polar surface area (TPSA) is 59.6 Å². The molecular weight excluding hydrogens is 388 g/mol. The molecule has 2 amide bonds. The summed E-state index contributed by atoms with van der Waals surface area (Å²) in [5.41, 5.74) is 1.75. The van der Waals surface area contributed by atoms with Gasteiger partial charge in [-0.25, -0.2) is 4.79 Å². The van der Waals surface area contributed by atoms with Gasteiger partial charge in [-0.15, -0.1) is 0 Å². The Morgan fingerprint density at radius 1 is 0.839 bits per heavy atom. The minimum Gasteiger partial charge on any atom is -0.497 e. The molecule has 0 aliphatic carbocycles. The molecule has 1 atom stereocenters. The van der Waals surface area contributed by atoms with Crippen molar-refractivity contribution in [2.24, 2.45) is 0 Å². The van der Waals surface area contributed by atoms with Crippen molar-refractivity contribution in [3.05, 3.63) is 54.1 Å². The number of methoxy groups -OCH3 is 1. The van der Waals surface area contributed by atoms with Crippen LogP contribution in [0.2, 0.25) is 0 Å². The van der Waals surface area contributed by atoms with Crippen molar-refractivity contribution in [3.8, 4) is 11.5 Å². The zero-order valence-electron chi connectivity index (χ0n) is 19.3. The van der Waals surface area contributed by atoms with Crippen LogP contribution in [0, 0.1) is 0 Å². The van der Waals surface area contributed by atoms with Crippen molar-refractivity contribution in [1.82, 2.24) is 5.32 Å². The van der Waals surface area contributed by atoms with E-state index in [0.717, 1.165) is 35.8 Å².